The van der Waals surface area contributed by atoms with E-state index in [0.29, 0.717) is 18.8 Å². The van der Waals surface area contributed by atoms with Gasteiger partial charge < -0.3 is 15.2 Å². The zero-order valence-corrected chi connectivity index (χ0v) is 11.8. The number of rotatable bonds is 5. The molecule has 5 heteroatoms. The summed E-state index contributed by atoms with van der Waals surface area (Å²) in [4.78, 5) is 23.7. The third-order valence-electron chi connectivity index (χ3n) is 3.53. The Balaban J connectivity index is 1.66. The summed E-state index contributed by atoms with van der Waals surface area (Å²) in [5.41, 5.74) is 0.619. The Morgan fingerprint density at radius 1 is 1.30 bits per heavy atom. The molecule has 1 aromatic rings. The lowest BCUT2D eigenvalue weighted by Crippen LogP contribution is -2.38. The lowest BCUT2D eigenvalue weighted by atomic mass is 9.94. The average Bonchev–Trinajstić information content (AvgIpc) is 2.90. The maximum absolute atomic E-state index is 11.9. The maximum Gasteiger partial charge on any atom is 0.267 e. The van der Waals surface area contributed by atoms with Crippen LogP contribution in [0.25, 0.3) is 0 Å². The molecule has 108 valence electrons. The Hall–Kier alpha value is -2.04. The number of allylic oxidation sites excluding steroid dienone is 2. The Morgan fingerprint density at radius 2 is 2.10 bits per heavy atom. The van der Waals surface area contributed by atoms with Gasteiger partial charge in [0.2, 0.25) is 5.91 Å². The molecule has 1 atom stereocenters. The van der Waals surface area contributed by atoms with Gasteiger partial charge in [0.15, 0.2) is 0 Å². The minimum atomic E-state index is -0.118. The van der Waals surface area contributed by atoms with E-state index < -0.39 is 0 Å². The molecule has 20 heavy (non-hydrogen) atoms. The summed E-state index contributed by atoms with van der Waals surface area (Å²) >= 11 is 0. The highest BCUT2D eigenvalue weighted by Gasteiger charge is 2.17. The number of carbonyl (C=O) groups excluding carboxylic acids is 2. The zero-order valence-electron chi connectivity index (χ0n) is 11.8. The molecule has 1 aliphatic carbocycles. The van der Waals surface area contributed by atoms with E-state index in [1.807, 2.05) is 19.3 Å². The molecule has 2 rings (SSSR count). The number of nitrogens with one attached hydrogen (secondary N) is 2. The van der Waals surface area contributed by atoms with Gasteiger partial charge in [0, 0.05) is 32.3 Å². The molecular formula is C15H21N3O2. The van der Waals surface area contributed by atoms with Gasteiger partial charge in [0.1, 0.15) is 5.69 Å². The van der Waals surface area contributed by atoms with Crippen molar-refractivity contribution in [2.24, 2.45) is 13.0 Å². The molecule has 0 spiro atoms. The number of amides is 2. The average molecular weight is 275 g/mol. The summed E-state index contributed by atoms with van der Waals surface area (Å²) < 4.78 is 1.77. The molecule has 1 aliphatic rings. The third-order valence-corrected chi connectivity index (χ3v) is 3.53. The van der Waals surface area contributed by atoms with Gasteiger partial charge in [-0.2, -0.15) is 0 Å². The number of hydrogen-bond donors (Lipinski definition) is 2. The standard InChI is InChI=1S/C15H21N3O2/c1-18-11-5-8-13(18)15(20)17-10-9-16-14(19)12-6-3-2-4-7-12/h2-3,5,8,11-12H,4,6-7,9-10H2,1H3,(H,16,19)(H,17,20)/t12-/m0/s1. The lowest BCUT2D eigenvalue weighted by Gasteiger charge is -2.17. The van der Waals surface area contributed by atoms with Crippen LogP contribution in [-0.2, 0) is 11.8 Å². The smallest absolute Gasteiger partial charge is 0.267 e. The fourth-order valence-electron chi connectivity index (χ4n) is 2.33. The van der Waals surface area contributed by atoms with Gasteiger partial charge in [-0.05, 0) is 31.4 Å². The Labute approximate surface area is 119 Å². The van der Waals surface area contributed by atoms with E-state index in [2.05, 4.69) is 22.8 Å². The largest absolute Gasteiger partial charge is 0.354 e. The molecule has 0 unspecified atom stereocenters. The molecule has 1 aromatic heterocycles. The first-order chi connectivity index (χ1) is 9.68. The molecule has 2 N–H and O–H groups in total. The maximum atomic E-state index is 11.9. The van der Waals surface area contributed by atoms with Crippen LogP contribution in [0.1, 0.15) is 29.8 Å². The zero-order chi connectivity index (χ0) is 14.4. The fourth-order valence-corrected chi connectivity index (χ4v) is 2.33. The molecule has 0 radical (unpaired) electrons. The molecule has 0 bridgehead atoms. The second-order valence-electron chi connectivity index (χ2n) is 5.03. The van der Waals surface area contributed by atoms with E-state index in [1.54, 1.807) is 10.6 Å². The predicted octanol–water partition coefficient (Wildman–Crippen LogP) is 1.23. The molecule has 1 heterocycles. The Kier molecular flexibility index (Phi) is 4.98. The quantitative estimate of drug-likeness (QED) is 0.627. The molecule has 0 aromatic carbocycles. The van der Waals surface area contributed by atoms with E-state index in [4.69, 9.17) is 0 Å². The van der Waals surface area contributed by atoms with E-state index in [1.165, 1.54) is 0 Å². The second-order valence-corrected chi connectivity index (χ2v) is 5.03. The Bertz CT molecular complexity index is 505. The van der Waals surface area contributed by atoms with Crippen LogP contribution in [0.5, 0.6) is 0 Å². The molecule has 5 nitrogen and oxygen atoms in total. The molecule has 0 saturated heterocycles. The molecule has 0 fully saturated rings. The van der Waals surface area contributed by atoms with Crippen LogP contribution in [-0.4, -0.2) is 29.5 Å². The second kappa shape index (κ2) is 6.93. The number of nitrogens with zero attached hydrogens (tertiary/aromatic N) is 1. The van der Waals surface area contributed by atoms with Gasteiger partial charge in [-0.15, -0.1) is 0 Å². The molecule has 0 saturated carbocycles. The van der Waals surface area contributed by atoms with Gasteiger partial charge in [0.25, 0.3) is 5.91 Å². The first-order valence-electron chi connectivity index (χ1n) is 7.00. The van der Waals surface area contributed by atoms with Crippen molar-refractivity contribution in [3.05, 3.63) is 36.2 Å². The van der Waals surface area contributed by atoms with Crippen molar-refractivity contribution in [2.75, 3.05) is 13.1 Å². The van der Waals surface area contributed by atoms with Gasteiger partial charge >= 0.3 is 0 Å². The highest BCUT2D eigenvalue weighted by Crippen LogP contribution is 2.17. The van der Waals surface area contributed by atoms with E-state index in [9.17, 15) is 9.59 Å². The highest BCUT2D eigenvalue weighted by molar-refractivity contribution is 5.92. The van der Waals surface area contributed by atoms with Crippen LogP contribution < -0.4 is 10.6 Å². The normalized spacial score (nSPS) is 17.8. The van der Waals surface area contributed by atoms with E-state index in [-0.39, 0.29) is 17.7 Å². The van der Waals surface area contributed by atoms with Crippen molar-refractivity contribution in [2.45, 2.75) is 19.3 Å². The van der Waals surface area contributed by atoms with Crippen molar-refractivity contribution in [1.29, 1.82) is 0 Å². The molecule has 2 amide bonds. The van der Waals surface area contributed by atoms with Gasteiger partial charge in [-0.25, -0.2) is 0 Å². The summed E-state index contributed by atoms with van der Waals surface area (Å²) in [7, 11) is 1.83. The monoisotopic (exact) mass is 275 g/mol. The van der Waals surface area contributed by atoms with Crippen LogP contribution in [0.2, 0.25) is 0 Å². The van der Waals surface area contributed by atoms with Crippen LogP contribution in [0.3, 0.4) is 0 Å². The predicted molar refractivity (Wildman–Crippen MR) is 77.2 cm³/mol. The molecular weight excluding hydrogens is 254 g/mol. The van der Waals surface area contributed by atoms with Gasteiger partial charge in [-0.3, -0.25) is 9.59 Å². The Morgan fingerprint density at radius 3 is 2.75 bits per heavy atom. The number of aromatic nitrogens is 1. The summed E-state index contributed by atoms with van der Waals surface area (Å²) in [6.07, 6.45) is 8.71. The van der Waals surface area contributed by atoms with Crippen LogP contribution in [0.4, 0.5) is 0 Å². The van der Waals surface area contributed by atoms with E-state index >= 15 is 0 Å². The van der Waals surface area contributed by atoms with E-state index in [0.717, 1.165) is 19.3 Å². The number of aryl methyl sites for hydroxylation is 1. The first kappa shape index (κ1) is 14.4. The molecule has 0 aliphatic heterocycles. The topological polar surface area (TPSA) is 63.1 Å². The number of hydrogen-bond acceptors (Lipinski definition) is 2. The van der Waals surface area contributed by atoms with Gasteiger partial charge in [0.05, 0.1) is 0 Å². The SMILES string of the molecule is Cn1cccc1C(=O)NCCNC(=O)[C@H]1CC=CCC1. The fraction of sp³-hybridized carbons (Fsp3) is 0.467. The van der Waals surface area contributed by atoms with Crippen LogP contribution >= 0.6 is 0 Å². The summed E-state index contributed by atoms with van der Waals surface area (Å²) in [6, 6.07) is 3.59. The summed E-state index contributed by atoms with van der Waals surface area (Å²) in [5, 5.41) is 5.67. The van der Waals surface area contributed by atoms with Crippen molar-refractivity contribution in [3.8, 4) is 0 Å². The van der Waals surface area contributed by atoms with Crippen molar-refractivity contribution in [3.63, 3.8) is 0 Å². The number of carbonyl (C=O) groups is 2. The minimum Gasteiger partial charge on any atom is -0.354 e. The summed E-state index contributed by atoms with van der Waals surface area (Å²) in [5.74, 6) is 0.0541. The first-order valence-corrected chi connectivity index (χ1v) is 7.00. The van der Waals surface area contributed by atoms with Gasteiger partial charge in [-0.1, -0.05) is 12.2 Å². The van der Waals surface area contributed by atoms with Crippen LogP contribution in [0.15, 0.2) is 30.5 Å². The minimum absolute atomic E-state index is 0.0856. The summed E-state index contributed by atoms with van der Waals surface area (Å²) in [6.45, 7) is 0.910. The van der Waals surface area contributed by atoms with Crippen molar-refractivity contribution in [1.82, 2.24) is 15.2 Å². The van der Waals surface area contributed by atoms with Crippen molar-refractivity contribution >= 4 is 11.8 Å². The van der Waals surface area contributed by atoms with Crippen molar-refractivity contribution < 1.29 is 9.59 Å². The lowest BCUT2D eigenvalue weighted by molar-refractivity contribution is -0.125. The third kappa shape index (κ3) is 3.73. The van der Waals surface area contributed by atoms with Crippen LogP contribution in [0, 0.1) is 5.92 Å². The highest BCUT2D eigenvalue weighted by atomic mass is 16.2.